The lowest BCUT2D eigenvalue weighted by atomic mass is 10.1. The Kier molecular flexibility index (Phi) is 3.98. The van der Waals surface area contributed by atoms with Crippen molar-refractivity contribution in [1.82, 2.24) is 0 Å². The molecule has 0 amide bonds. The Morgan fingerprint density at radius 3 is 2.29 bits per heavy atom. The van der Waals surface area contributed by atoms with E-state index in [1.54, 1.807) is 0 Å². The number of carbonyl (C=O) groups excluding carboxylic acids is 1. The topological polar surface area (TPSA) is 63.6 Å². The minimum absolute atomic E-state index is 0.164. The van der Waals surface area contributed by atoms with Crippen molar-refractivity contribution < 1.29 is 28.2 Å². The van der Waals surface area contributed by atoms with Crippen LogP contribution >= 0.6 is 0 Å². The van der Waals surface area contributed by atoms with E-state index in [1.807, 2.05) is 0 Å². The van der Waals surface area contributed by atoms with E-state index in [4.69, 9.17) is 9.84 Å². The quantitative estimate of drug-likeness (QED) is 0.873. The fraction of sp³-hybridized carbons (Fsp3) is 0.0667. The molecule has 0 unspecified atom stereocenters. The lowest BCUT2D eigenvalue weighted by Gasteiger charge is -2.10. The van der Waals surface area contributed by atoms with Crippen molar-refractivity contribution in [3.05, 3.63) is 59.2 Å². The van der Waals surface area contributed by atoms with E-state index in [2.05, 4.69) is 0 Å². The first-order chi connectivity index (χ1) is 9.88. The molecule has 1 N–H and O–H groups in total. The van der Waals surface area contributed by atoms with Crippen molar-refractivity contribution in [3.63, 3.8) is 0 Å². The van der Waals surface area contributed by atoms with Crippen LogP contribution in [0.1, 0.15) is 27.6 Å². The molecule has 0 aliphatic carbocycles. The number of hydrogen-bond acceptors (Lipinski definition) is 3. The molecule has 6 heteroatoms. The third-order valence-corrected chi connectivity index (χ3v) is 2.73. The zero-order valence-electron chi connectivity index (χ0n) is 10.9. The molecule has 2 aromatic carbocycles. The van der Waals surface area contributed by atoms with E-state index in [9.17, 15) is 18.4 Å². The number of carboxylic acid groups (broad SMARTS) is 1. The summed E-state index contributed by atoms with van der Waals surface area (Å²) in [5.74, 6) is -3.72. The largest absolute Gasteiger partial charge is 0.478 e. The summed E-state index contributed by atoms with van der Waals surface area (Å²) in [4.78, 5) is 22.1. The lowest BCUT2D eigenvalue weighted by Crippen LogP contribution is -2.02. The fourth-order valence-electron chi connectivity index (χ4n) is 1.68. The van der Waals surface area contributed by atoms with Gasteiger partial charge in [0.1, 0.15) is 17.1 Å². The van der Waals surface area contributed by atoms with Crippen LogP contribution in [-0.4, -0.2) is 16.9 Å². The van der Waals surface area contributed by atoms with E-state index in [0.29, 0.717) is 0 Å². The van der Waals surface area contributed by atoms with Crippen LogP contribution in [0.15, 0.2) is 36.4 Å². The van der Waals surface area contributed by atoms with Crippen LogP contribution in [0.4, 0.5) is 8.78 Å². The van der Waals surface area contributed by atoms with Gasteiger partial charge in [-0.05, 0) is 43.3 Å². The van der Waals surface area contributed by atoms with E-state index >= 15 is 0 Å². The summed E-state index contributed by atoms with van der Waals surface area (Å²) in [6, 6.07) is 6.42. The first-order valence-corrected chi connectivity index (χ1v) is 5.89. The van der Waals surface area contributed by atoms with E-state index in [1.165, 1.54) is 19.1 Å². The van der Waals surface area contributed by atoms with Gasteiger partial charge in [0.05, 0.1) is 0 Å². The third-order valence-electron chi connectivity index (χ3n) is 2.73. The van der Waals surface area contributed by atoms with Gasteiger partial charge in [-0.25, -0.2) is 13.6 Å². The molecule has 0 saturated heterocycles. The Morgan fingerprint density at radius 1 is 1.05 bits per heavy atom. The van der Waals surface area contributed by atoms with Crippen LogP contribution in [-0.2, 0) is 0 Å². The van der Waals surface area contributed by atoms with Gasteiger partial charge < -0.3 is 9.84 Å². The van der Waals surface area contributed by atoms with Crippen LogP contribution in [0, 0.1) is 11.6 Å². The van der Waals surface area contributed by atoms with Crippen molar-refractivity contribution in [2.75, 3.05) is 0 Å². The van der Waals surface area contributed by atoms with Crippen molar-refractivity contribution in [2.24, 2.45) is 0 Å². The van der Waals surface area contributed by atoms with Gasteiger partial charge in [-0.15, -0.1) is 0 Å². The highest BCUT2D eigenvalue weighted by Crippen LogP contribution is 2.28. The van der Waals surface area contributed by atoms with Crippen molar-refractivity contribution >= 4 is 11.8 Å². The van der Waals surface area contributed by atoms with Gasteiger partial charge in [0.15, 0.2) is 17.3 Å². The van der Waals surface area contributed by atoms with Crippen molar-refractivity contribution in [3.8, 4) is 11.5 Å². The van der Waals surface area contributed by atoms with Gasteiger partial charge in [-0.1, -0.05) is 0 Å². The van der Waals surface area contributed by atoms with E-state index < -0.39 is 23.2 Å². The zero-order chi connectivity index (χ0) is 15.6. The van der Waals surface area contributed by atoms with Gasteiger partial charge in [0.25, 0.3) is 0 Å². The molecule has 4 nitrogen and oxygen atoms in total. The number of Topliss-reactive ketones (excluding diaryl/α,β-unsaturated/α-hetero) is 1. The molecule has 0 radical (unpaired) electrons. The number of carbonyl (C=O) groups is 2. The minimum Gasteiger partial charge on any atom is -0.478 e. The van der Waals surface area contributed by atoms with Gasteiger partial charge in [-0.3, -0.25) is 4.79 Å². The number of halogens is 2. The van der Waals surface area contributed by atoms with Crippen LogP contribution < -0.4 is 4.74 Å². The molecule has 0 aliphatic heterocycles. The highest BCUT2D eigenvalue weighted by molar-refractivity contribution is 5.94. The Labute approximate surface area is 118 Å². The second-order valence-electron chi connectivity index (χ2n) is 4.25. The summed E-state index contributed by atoms with van der Waals surface area (Å²) in [7, 11) is 0. The SMILES string of the molecule is CC(=O)c1ccc(Oc2ccc(F)cc2C(=O)O)c(F)c1. The summed E-state index contributed by atoms with van der Waals surface area (Å²) in [5, 5.41) is 8.97. The highest BCUT2D eigenvalue weighted by Gasteiger charge is 2.15. The number of benzene rings is 2. The molecule has 0 heterocycles. The molecule has 0 bridgehead atoms. The number of aromatic carboxylic acids is 1. The normalized spacial score (nSPS) is 10.2. The molecule has 2 rings (SSSR count). The van der Waals surface area contributed by atoms with Crippen molar-refractivity contribution in [1.29, 1.82) is 0 Å². The second kappa shape index (κ2) is 5.70. The number of ketones is 1. The molecular formula is C15H10F2O4. The summed E-state index contributed by atoms with van der Waals surface area (Å²) >= 11 is 0. The average molecular weight is 292 g/mol. The Morgan fingerprint density at radius 2 is 1.71 bits per heavy atom. The predicted molar refractivity (Wildman–Crippen MR) is 69.8 cm³/mol. The summed E-state index contributed by atoms with van der Waals surface area (Å²) in [5.41, 5.74) is -0.262. The molecule has 0 fully saturated rings. The maximum Gasteiger partial charge on any atom is 0.339 e. The Balaban J connectivity index is 2.39. The first kappa shape index (κ1) is 14.6. The fourth-order valence-corrected chi connectivity index (χ4v) is 1.68. The monoisotopic (exact) mass is 292 g/mol. The lowest BCUT2D eigenvalue weighted by molar-refractivity contribution is 0.0693. The molecule has 0 spiro atoms. The first-order valence-electron chi connectivity index (χ1n) is 5.89. The maximum atomic E-state index is 13.8. The Bertz CT molecular complexity index is 726. The van der Waals surface area contributed by atoms with Crippen molar-refractivity contribution in [2.45, 2.75) is 6.92 Å². The van der Waals surface area contributed by atoms with E-state index in [-0.39, 0.29) is 22.8 Å². The molecule has 0 saturated carbocycles. The average Bonchev–Trinajstić information content (AvgIpc) is 2.42. The van der Waals surface area contributed by atoms with Gasteiger partial charge in [-0.2, -0.15) is 0 Å². The smallest absolute Gasteiger partial charge is 0.339 e. The molecule has 0 aliphatic rings. The second-order valence-corrected chi connectivity index (χ2v) is 4.25. The predicted octanol–water partition coefficient (Wildman–Crippen LogP) is 3.66. The third kappa shape index (κ3) is 3.22. The van der Waals surface area contributed by atoms with Gasteiger partial charge >= 0.3 is 5.97 Å². The number of ether oxygens (including phenoxy) is 1. The molecule has 0 aromatic heterocycles. The van der Waals surface area contributed by atoms with E-state index in [0.717, 1.165) is 24.3 Å². The van der Waals surface area contributed by atoms with Crippen LogP contribution in [0.2, 0.25) is 0 Å². The Hall–Kier alpha value is -2.76. The maximum absolute atomic E-state index is 13.8. The van der Waals surface area contributed by atoms with Gasteiger partial charge in [0.2, 0.25) is 0 Å². The molecule has 108 valence electrons. The summed E-state index contributed by atoms with van der Waals surface area (Å²) in [6.45, 7) is 1.29. The summed E-state index contributed by atoms with van der Waals surface area (Å²) < 4.78 is 32.0. The van der Waals surface area contributed by atoms with Gasteiger partial charge in [0, 0.05) is 5.56 Å². The van der Waals surface area contributed by atoms with Crippen LogP contribution in [0.3, 0.4) is 0 Å². The molecule has 21 heavy (non-hydrogen) atoms. The molecular weight excluding hydrogens is 282 g/mol. The number of hydrogen-bond donors (Lipinski definition) is 1. The zero-order valence-corrected chi connectivity index (χ0v) is 10.9. The highest BCUT2D eigenvalue weighted by atomic mass is 19.1. The number of carboxylic acids is 1. The molecule has 2 aromatic rings. The van der Waals surface area contributed by atoms with Crippen LogP contribution in [0.5, 0.6) is 11.5 Å². The minimum atomic E-state index is -1.40. The molecule has 0 atom stereocenters. The number of rotatable bonds is 4. The standard InChI is InChI=1S/C15H10F2O4/c1-8(18)9-2-4-14(12(17)6-9)21-13-5-3-10(16)7-11(13)15(19)20/h2-7H,1H3,(H,19,20). The summed E-state index contributed by atoms with van der Waals surface area (Å²) in [6.07, 6.45) is 0. The van der Waals surface area contributed by atoms with Crippen LogP contribution in [0.25, 0.3) is 0 Å².